The molecule has 1 aliphatic carbocycles. The van der Waals surface area contributed by atoms with Gasteiger partial charge in [-0.2, -0.15) is 0 Å². The van der Waals surface area contributed by atoms with Gasteiger partial charge in [0.25, 0.3) is 5.91 Å². The smallest absolute Gasteiger partial charge is 0.251 e. The van der Waals surface area contributed by atoms with Crippen LogP contribution >= 0.6 is 0 Å². The number of amides is 2. The molecule has 0 radical (unpaired) electrons. The zero-order valence-electron chi connectivity index (χ0n) is 21.1. The van der Waals surface area contributed by atoms with E-state index in [2.05, 4.69) is 41.7 Å². The Balaban J connectivity index is 1.36. The Bertz CT molecular complexity index is 1480. The minimum Gasteiger partial charge on any atom is -0.350 e. The van der Waals surface area contributed by atoms with Gasteiger partial charge in [0.05, 0.1) is 12.1 Å². The van der Waals surface area contributed by atoms with Gasteiger partial charge in [0, 0.05) is 18.4 Å². The minimum absolute atomic E-state index is 0.0949. The standard InChI is InChI=1S/C32H30N2O3/c1-32(2)34(29-26-15-9-8-14-25(26)20-28(29)37-32)31(36)27(33-30(35)23-11-4-3-5-12-23)19-21-16-17-22-10-6-7-13-24(22)18-21/h3-18,27-29H,19-20H2,1-2H3,(H,33,35)/t27-,28-,29+/m1/s1. The summed E-state index contributed by atoms with van der Waals surface area (Å²) in [6.45, 7) is 3.88. The highest BCUT2D eigenvalue weighted by atomic mass is 16.5. The Labute approximate surface area is 217 Å². The number of carbonyl (C=O) groups excluding carboxylic acids is 2. The van der Waals surface area contributed by atoms with Crippen LogP contribution in [0.25, 0.3) is 10.8 Å². The van der Waals surface area contributed by atoms with Crippen LogP contribution in [0, 0.1) is 0 Å². The molecule has 0 aromatic heterocycles. The zero-order valence-corrected chi connectivity index (χ0v) is 21.1. The average molecular weight is 491 g/mol. The number of fused-ring (bicyclic) bond motifs is 4. The number of nitrogens with zero attached hydrogens (tertiary/aromatic N) is 1. The molecule has 4 aromatic rings. The lowest BCUT2D eigenvalue weighted by molar-refractivity contribution is -0.149. The topological polar surface area (TPSA) is 58.6 Å². The highest BCUT2D eigenvalue weighted by Crippen LogP contribution is 2.48. The van der Waals surface area contributed by atoms with Crippen LogP contribution in [0.1, 0.15) is 46.9 Å². The van der Waals surface area contributed by atoms with Gasteiger partial charge in [-0.25, -0.2) is 0 Å². The summed E-state index contributed by atoms with van der Waals surface area (Å²) in [5.41, 5.74) is 3.07. The normalized spacial score (nSPS) is 20.3. The Morgan fingerprint density at radius 2 is 1.62 bits per heavy atom. The maximum atomic E-state index is 14.4. The molecule has 1 N–H and O–H groups in total. The fourth-order valence-electron chi connectivity index (χ4n) is 5.91. The number of hydrogen-bond acceptors (Lipinski definition) is 3. The highest BCUT2D eigenvalue weighted by molar-refractivity contribution is 5.98. The molecule has 1 heterocycles. The van der Waals surface area contributed by atoms with Gasteiger partial charge in [-0.1, -0.05) is 84.9 Å². The van der Waals surface area contributed by atoms with E-state index in [1.807, 2.05) is 67.3 Å². The molecule has 6 rings (SSSR count). The second-order valence-electron chi connectivity index (χ2n) is 10.4. The summed E-state index contributed by atoms with van der Waals surface area (Å²) in [6, 6.07) is 30.7. The number of ether oxygens (including phenoxy) is 1. The third kappa shape index (κ3) is 4.30. The van der Waals surface area contributed by atoms with Crippen LogP contribution in [0.2, 0.25) is 0 Å². The van der Waals surface area contributed by atoms with Gasteiger partial charge in [0.15, 0.2) is 0 Å². The minimum atomic E-state index is -0.793. The fourth-order valence-corrected chi connectivity index (χ4v) is 5.91. The molecule has 2 amide bonds. The predicted octanol–water partition coefficient (Wildman–Crippen LogP) is 5.44. The van der Waals surface area contributed by atoms with Gasteiger partial charge in [-0.3, -0.25) is 9.59 Å². The van der Waals surface area contributed by atoms with E-state index in [9.17, 15) is 9.59 Å². The van der Waals surface area contributed by atoms with Gasteiger partial charge in [-0.05, 0) is 53.4 Å². The maximum absolute atomic E-state index is 14.4. The van der Waals surface area contributed by atoms with E-state index >= 15 is 0 Å². The number of nitrogens with one attached hydrogen (secondary N) is 1. The molecular weight excluding hydrogens is 460 g/mol. The van der Waals surface area contributed by atoms with Crippen molar-refractivity contribution in [2.75, 3.05) is 0 Å². The maximum Gasteiger partial charge on any atom is 0.251 e. The summed E-state index contributed by atoms with van der Waals surface area (Å²) in [6.07, 6.45) is 1.07. The highest BCUT2D eigenvalue weighted by Gasteiger charge is 2.54. The molecule has 1 saturated heterocycles. The van der Waals surface area contributed by atoms with Crippen molar-refractivity contribution in [3.05, 3.63) is 119 Å². The molecule has 0 saturated carbocycles. The van der Waals surface area contributed by atoms with Crippen molar-refractivity contribution in [1.82, 2.24) is 10.2 Å². The van der Waals surface area contributed by atoms with Crippen molar-refractivity contribution in [3.8, 4) is 0 Å². The number of hydrogen-bond donors (Lipinski definition) is 1. The molecule has 1 aliphatic heterocycles. The first-order valence-electron chi connectivity index (χ1n) is 12.8. The summed E-state index contributed by atoms with van der Waals surface area (Å²) >= 11 is 0. The first-order valence-corrected chi connectivity index (χ1v) is 12.8. The third-order valence-corrected chi connectivity index (χ3v) is 7.58. The number of benzene rings is 4. The fraction of sp³-hybridized carbons (Fsp3) is 0.250. The molecule has 37 heavy (non-hydrogen) atoms. The van der Waals surface area contributed by atoms with Crippen LogP contribution in [-0.4, -0.2) is 34.6 Å². The Hall–Kier alpha value is -3.96. The van der Waals surface area contributed by atoms with E-state index in [1.165, 1.54) is 5.56 Å². The van der Waals surface area contributed by atoms with Gasteiger partial charge in [-0.15, -0.1) is 0 Å². The second kappa shape index (κ2) is 9.16. The summed E-state index contributed by atoms with van der Waals surface area (Å²) in [4.78, 5) is 29.5. The van der Waals surface area contributed by atoms with Crippen molar-refractivity contribution < 1.29 is 14.3 Å². The summed E-state index contributed by atoms with van der Waals surface area (Å²) < 4.78 is 6.43. The van der Waals surface area contributed by atoms with Gasteiger partial charge in [0.2, 0.25) is 5.91 Å². The van der Waals surface area contributed by atoms with E-state index in [1.54, 1.807) is 12.1 Å². The molecule has 0 spiro atoms. The number of carbonyl (C=O) groups is 2. The van der Waals surface area contributed by atoms with Gasteiger partial charge >= 0.3 is 0 Å². The molecule has 2 aliphatic rings. The molecule has 0 unspecified atom stereocenters. The monoisotopic (exact) mass is 490 g/mol. The van der Waals surface area contributed by atoms with E-state index < -0.39 is 11.8 Å². The van der Waals surface area contributed by atoms with E-state index in [0.717, 1.165) is 28.3 Å². The Morgan fingerprint density at radius 1 is 0.919 bits per heavy atom. The molecule has 0 bridgehead atoms. The Kier molecular flexibility index (Phi) is 5.81. The lowest BCUT2D eigenvalue weighted by atomic mass is 9.98. The quantitative estimate of drug-likeness (QED) is 0.405. The Morgan fingerprint density at radius 3 is 2.43 bits per heavy atom. The van der Waals surface area contributed by atoms with Crippen molar-refractivity contribution in [2.45, 2.75) is 50.6 Å². The lowest BCUT2D eigenvalue weighted by Crippen LogP contribution is -2.54. The van der Waals surface area contributed by atoms with E-state index in [0.29, 0.717) is 12.0 Å². The van der Waals surface area contributed by atoms with E-state index in [-0.39, 0.29) is 24.0 Å². The molecule has 3 atom stereocenters. The van der Waals surface area contributed by atoms with Gasteiger partial charge in [0.1, 0.15) is 11.8 Å². The van der Waals surface area contributed by atoms with Crippen LogP contribution in [0.15, 0.2) is 97.1 Å². The van der Waals surface area contributed by atoms with Crippen LogP contribution in [0.5, 0.6) is 0 Å². The third-order valence-electron chi connectivity index (χ3n) is 7.58. The predicted molar refractivity (Wildman–Crippen MR) is 144 cm³/mol. The summed E-state index contributed by atoms with van der Waals surface area (Å²) in [7, 11) is 0. The molecular formula is C32H30N2O3. The second-order valence-corrected chi connectivity index (χ2v) is 10.4. The SMILES string of the molecule is CC1(C)O[C@@H]2Cc3ccccc3[C@@H]2N1C(=O)[C@@H](Cc1ccc2ccccc2c1)NC(=O)c1ccccc1. The summed E-state index contributed by atoms with van der Waals surface area (Å²) in [5, 5.41) is 5.31. The average Bonchev–Trinajstić information content (AvgIpc) is 3.38. The van der Waals surface area contributed by atoms with Gasteiger partial charge < -0.3 is 15.0 Å². The largest absolute Gasteiger partial charge is 0.350 e. The molecule has 5 heteroatoms. The molecule has 1 fully saturated rings. The molecule has 5 nitrogen and oxygen atoms in total. The first-order chi connectivity index (χ1) is 17.9. The van der Waals surface area contributed by atoms with Crippen molar-refractivity contribution >= 4 is 22.6 Å². The molecule has 4 aromatic carbocycles. The van der Waals surface area contributed by atoms with E-state index in [4.69, 9.17) is 4.74 Å². The van der Waals surface area contributed by atoms with Crippen LogP contribution in [0.3, 0.4) is 0 Å². The van der Waals surface area contributed by atoms with Crippen molar-refractivity contribution in [1.29, 1.82) is 0 Å². The zero-order chi connectivity index (χ0) is 25.6. The molecule has 186 valence electrons. The van der Waals surface area contributed by atoms with Crippen molar-refractivity contribution in [3.63, 3.8) is 0 Å². The van der Waals surface area contributed by atoms with Crippen molar-refractivity contribution in [2.24, 2.45) is 0 Å². The van der Waals surface area contributed by atoms with Crippen LogP contribution in [0.4, 0.5) is 0 Å². The first kappa shape index (κ1) is 23.4. The van der Waals surface area contributed by atoms with Crippen LogP contribution in [-0.2, 0) is 22.4 Å². The lowest BCUT2D eigenvalue weighted by Gasteiger charge is -2.36. The summed E-state index contributed by atoms with van der Waals surface area (Å²) in [5.74, 6) is -0.396. The number of rotatable bonds is 5. The van der Waals surface area contributed by atoms with Crippen LogP contribution < -0.4 is 5.32 Å².